The lowest BCUT2D eigenvalue weighted by Crippen LogP contribution is -1.89. The molecule has 0 spiro atoms. The summed E-state index contributed by atoms with van der Waals surface area (Å²) in [5, 5.41) is 2.48. The predicted molar refractivity (Wildman–Crippen MR) is 71.0 cm³/mol. The number of halogens is 1. The largest absolute Gasteiger partial charge is 0.439 e. The van der Waals surface area contributed by atoms with Crippen LogP contribution in [0.3, 0.4) is 0 Å². The summed E-state index contributed by atoms with van der Waals surface area (Å²) in [7, 11) is 0. The number of nitrogens with zero attached hydrogens (tertiary/aromatic N) is 2. The second kappa shape index (κ2) is 4.12. The molecule has 0 aliphatic carbocycles. The minimum Gasteiger partial charge on any atom is -0.439 e. The summed E-state index contributed by atoms with van der Waals surface area (Å²) in [5.41, 5.74) is 8.08. The predicted octanol–water partition coefficient (Wildman–Crippen LogP) is 3.22. The smallest absolute Gasteiger partial charge is 0.201 e. The van der Waals surface area contributed by atoms with Gasteiger partial charge < -0.3 is 10.2 Å². The van der Waals surface area contributed by atoms with Crippen molar-refractivity contribution in [3.05, 3.63) is 39.6 Å². The van der Waals surface area contributed by atoms with Crippen LogP contribution in [0.1, 0.15) is 11.6 Å². The fourth-order valence-corrected chi connectivity index (χ4v) is 2.60. The second-order valence-corrected chi connectivity index (χ2v) is 5.29. The van der Waals surface area contributed by atoms with E-state index in [1.807, 2.05) is 23.6 Å². The molecule has 0 aliphatic heterocycles. The first-order chi connectivity index (χ1) is 8.22. The number of oxazole rings is 1. The normalized spacial score (nSPS) is 11.1. The van der Waals surface area contributed by atoms with Gasteiger partial charge in [0.25, 0.3) is 0 Å². The highest BCUT2D eigenvalue weighted by atomic mass is 79.9. The number of aromatic nitrogens is 2. The third-order valence-corrected chi connectivity index (χ3v) is 3.66. The lowest BCUT2D eigenvalue weighted by atomic mass is 10.3. The average Bonchev–Trinajstić information content (AvgIpc) is 2.86. The molecule has 0 saturated heterocycles. The number of benzene rings is 1. The van der Waals surface area contributed by atoms with Crippen molar-refractivity contribution in [2.75, 3.05) is 5.73 Å². The van der Waals surface area contributed by atoms with Crippen molar-refractivity contribution in [1.82, 2.24) is 9.97 Å². The molecule has 0 unspecified atom stereocenters. The van der Waals surface area contributed by atoms with E-state index in [0.717, 1.165) is 21.3 Å². The minimum atomic E-state index is 0.564. The summed E-state index contributed by atoms with van der Waals surface area (Å²) < 4.78 is 6.59. The van der Waals surface area contributed by atoms with Crippen LogP contribution in [0.25, 0.3) is 11.1 Å². The summed E-state index contributed by atoms with van der Waals surface area (Å²) >= 11 is 4.85. The third kappa shape index (κ3) is 2.05. The highest BCUT2D eigenvalue weighted by Gasteiger charge is 2.10. The van der Waals surface area contributed by atoms with Gasteiger partial charge in [-0.2, -0.15) is 0 Å². The van der Waals surface area contributed by atoms with Gasteiger partial charge in [-0.25, -0.2) is 9.97 Å². The van der Waals surface area contributed by atoms with Crippen LogP contribution in [0.4, 0.5) is 5.13 Å². The maximum atomic E-state index is 5.68. The van der Waals surface area contributed by atoms with Crippen molar-refractivity contribution in [3.8, 4) is 0 Å². The van der Waals surface area contributed by atoms with Crippen molar-refractivity contribution >= 4 is 43.5 Å². The maximum absolute atomic E-state index is 5.68. The zero-order valence-corrected chi connectivity index (χ0v) is 11.1. The Balaban J connectivity index is 1.98. The molecule has 2 aromatic heterocycles. The van der Waals surface area contributed by atoms with E-state index in [-0.39, 0.29) is 0 Å². The fourth-order valence-electron chi connectivity index (χ4n) is 1.60. The molecule has 3 aromatic rings. The molecule has 0 radical (unpaired) electrons. The molecule has 0 atom stereocenters. The van der Waals surface area contributed by atoms with Crippen molar-refractivity contribution in [2.45, 2.75) is 6.42 Å². The van der Waals surface area contributed by atoms with Gasteiger partial charge in [0.1, 0.15) is 5.52 Å². The number of fused-ring (bicyclic) bond motifs is 1. The van der Waals surface area contributed by atoms with Gasteiger partial charge in [0.05, 0.1) is 16.6 Å². The number of rotatable bonds is 2. The minimum absolute atomic E-state index is 0.564. The molecule has 4 nitrogen and oxygen atoms in total. The first-order valence-corrected chi connectivity index (χ1v) is 6.63. The first-order valence-electron chi connectivity index (χ1n) is 4.96. The Bertz CT molecular complexity index is 676. The van der Waals surface area contributed by atoms with Crippen LogP contribution in [0.5, 0.6) is 0 Å². The Morgan fingerprint density at radius 1 is 1.35 bits per heavy atom. The standard InChI is InChI=1S/C11H8BrN3OS/c12-7-2-1-3-8-10(7)16-9(15-8)4-6-5-17-11(13)14-6/h1-3,5H,4H2,(H2,13,14). The Hall–Kier alpha value is -1.40. The van der Waals surface area contributed by atoms with Crippen LogP contribution in [0, 0.1) is 0 Å². The second-order valence-electron chi connectivity index (χ2n) is 3.55. The van der Waals surface area contributed by atoms with E-state index in [4.69, 9.17) is 10.2 Å². The molecule has 17 heavy (non-hydrogen) atoms. The number of nitrogen functional groups attached to an aromatic ring is 1. The van der Waals surface area contributed by atoms with Crippen LogP contribution in [0.15, 0.2) is 32.5 Å². The first kappa shape index (κ1) is 10.7. The number of hydrogen-bond donors (Lipinski definition) is 1. The van der Waals surface area contributed by atoms with Gasteiger partial charge in [0, 0.05) is 5.38 Å². The SMILES string of the molecule is Nc1nc(Cc2nc3cccc(Br)c3o2)cs1. The van der Waals surface area contributed by atoms with Gasteiger partial charge in [-0.15, -0.1) is 11.3 Å². The summed E-state index contributed by atoms with van der Waals surface area (Å²) in [4.78, 5) is 8.59. The van der Waals surface area contributed by atoms with Crippen LogP contribution in [-0.4, -0.2) is 9.97 Å². The van der Waals surface area contributed by atoms with Gasteiger partial charge in [-0.05, 0) is 28.1 Å². The van der Waals surface area contributed by atoms with Crippen molar-refractivity contribution in [2.24, 2.45) is 0 Å². The van der Waals surface area contributed by atoms with E-state index in [9.17, 15) is 0 Å². The molecular formula is C11H8BrN3OS. The zero-order chi connectivity index (χ0) is 11.8. The third-order valence-electron chi connectivity index (χ3n) is 2.31. The van der Waals surface area contributed by atoms with E-state index in [1.54, 1.807) is 0 Å². The van der Waals surface area contributed by atoms with Crippen LogP contribution >= 0.6 is 27.3 Å². The number of anilines is 1. The molecule has 2 heterocycles. The van der Waals surface area contributed by atoms with E-state index in [1.165, 1.54) is 11.3 Å². The van der Waals surface area contributed by atoms with Crippen molar-refractivity contribution < 1.29 is 4.42 Å². The van der Waals surface area contributed by atoms with E-state index < -0.39 is 0 Å². The molecular weight excluding hydrogens is 302 g/mol. The highest BCUT2D eigenvalue weighted by molar-refractivity contribution is 9.10. The Kier molecular flexibility index (Phi) is 2.60. The van der Waals surface area contributed by atoms with Crippen LogP contribution in [0.2, 0.25) is 0 Å². The van der Waals surface area contributed by atoms with Gasteiger partial charge in [-0.1, -0.05) is 6.07 Å². The molecule has 0 saturated carbocycles. The molecule has 2 N–H and O–H groups in total. The fraction of sp³-hybridized carbons (Fsp3) is 0.0909. The topological polar surface area (TPSA) is 64.9 Å². The monoisotopic (exact) mass is 309 g/mol. The quantitative estimate of drug-likeness (QED) is 0.789. The molecule has 0 aliphatic rings. The zero-order valence-electron chi connectivity index (χ0n) is 8.68. The Morgan fingerprint density at radius 2 is 2.24 bits per heavy atom. The van der Waals surface area contributed by atoms with Gasteiger partial charge >= 0.3 is 0 Å². The molecule has 86 valence electrons. The summed E-state index contributed by atoms with van der Waals surface area (Å²) in [6, 6.07) is 5.78. The van der Waals surface area contributed by atoms with E-state index >= 15 is 0 Å². The highest BCUT2D eigenvalue weighted by Crippen LogP contribution is 2.25. The summed E-state index contributed by atoms with van der Waals surface area (Å²) in [6.45, 7) is 0. The molecule has 0 bridgehead atoms. The van der Waals surface area contributed by atoms with Crippen LogP contribution < -0.4 is 5.73 Å². The lowest BCUT2D eigenvalue weighted by molar-refractivity contribution is 0.541. The van der Waals surface area contributed by atoms with Crippen LogP contribution in [-0.2, 0) is 6.42 Å². The number of hydrogen-bond acceptors (Lipinski definition) is 5. The van der Waals surface area contributed by atoms with Gasteiger partial charge in [-0.3, -0.25) is 0 Å². The Labute approximate surface area is 110 Å². The number of para-hydroxylation sites is 1. The lowest BCUT2D eigenvalue weighted by Gasteiger charge is -1.89. The molecule has 1 aromatic carbocycles. The van der Waals surface area contributed by atoms with E-state index in [2.05, 4.69) is 25.9 Å². The number of thiazole rings is 1. The summed E-state index contributed by atoms with van der Waals surface area (Å²) in [6.07, 6.45) is 0.564. The van der Waals surface area contributed by atoms with Crippen molar-refractivity contribution in [1.29, 1.82) is 0 Å². The summed E-state index contributed by atoms with van der Waals surface area (Å²) in [5.74, 6) is 0.650. The van der Waals surface area contributed by atoms with E-state index in [0.29, 0.717) is 17.4 Å². The molecule has 0 fully saturated rings. The van der Waals surface area contributed by atoms with Gasteiger partial charge in [0.15, 0.2) is 10.7 Å². The Morgan fingerprint density at radius 3 is 2.94 bits per heavy atom. The molecule has 0 amide bonds. The average molecular weight is 310 g/mol. The molecule has 6 heteroatoms. The van der Waals surface area contributed by atoms with Crippen molar-refractivity contribution in [3.63, 3.8) is 0 Å². The maximum Gasteiger partial charge on any atom is 0.201 e. The van der Waals surface area contributed by atoms with Gasteiger partial charge in [0.2, 0.25) is 5.89 Å². The number of nitrogens with two attached hydrogens (primary N) is 1. The molecule has 3 rings (SSSR count).